The smallest absolute Gasteiger partial charge is 0.247 e. The van der Waals surface area contributed by atoms with E-state index in [-0.39, 0.29) is 11.9 Å². The first-order chi connectivity index (χ1) is 14.4. The summed E-state index contributed by atoms with van der Waals surface area (Å²) in [6.45, 7) is 3.76. The highest BCUT2D eigenvalue weighted by Gasteiger charge is 2.12. The van der Waals surface area contributed by atoms with Crippen molar-refractivity contribution in [2.45, 2.75) is 39.2 Å². The van der Waals surface area contributed by atoms with Crippen LogP contribution in [-0.2, 0) is 22.4 Å². The molecule has 5 nitrogen and oxygen atoms in total. The number of amides is 2. The highest BCUT2D eigenvalue weighted by molar-refractivity contribution is 6.30. The lowest BCUT2D eigenvalue weighted by Gasteiger charge is -2.16. The Bertz CT molecular complexity index is 923. The van der Waals surface area contributed by atoms with E-state index in [2.05, 4.69) is 15.6 Å². The fraction of sp³-hybridized carbons (Fsp3) is 0.292. The van der Waals surface area contributed by atoms with Gasteiger partial charge in [0.1, 0.15) is 0 Å². The number of allylic oxidation sites excluding steroid dienone is 1. The fourth-order valence-electron chi connectivity index (χ4n) is 3.06. The number of rotatable bonds is 10. The van der Waals surface area contributed by atoms with Crippen molar-refractivity contribution in [1.29, 1.82) is 0 Å². The molecule has 2 aromatic carbocycles. The molecular formula is C24H28ClN3O2. The van der Waals surface area contributed by atoms with Crippen LogP contribution in [0.2, 0.25) is 5.02 Å². The summed E-state index contributed by atoms with van der Waals surface area (Å²) in [6, 6.07) is 15.4. The van der Waals surface area contributed by atoms with Crippen LogP contribution in [0.5, 0.6) is 0 Å². The van der Waals surface area contributed by atoms with E-state index in [4.69, 9.17) is 11.6 Å². The zero-order valence-corrected chi connectivity index (χ0v) is 18.4. The number of nitrogens with one attached hydrogen (secondary N) is 2. The van der Waals surface area contributed by atoms with E-state index < -0.39 is 0 Å². The van der Waals surface area contributed by atoms with Gasteiger partial charge in [0.25, 0.3) is 0 Å². The zero-order valence-electron chi connectivity index (χ0n) is 17.6. The van der Waals surface area contributed by atoms with Crippen molar-refractivity contribution in [3.63, 3.8) is 0 Å². The zero-order chi connectivity index (χ0) is 21.9. The van der Waals surface area contributed by atoms with Gasteiger partial charge in [-0.2, -0.15) is 0 Å². The minimum atomic E-state index is -0.112. The van der Waals surface area contributed by atoms with E-state index in [1.165, 1.54) is 0 Å². The van der Waals surface area contributed by atoms with Crippen molar-refractivity contribution in [3.8, 4) is 0 Å². The third kappa shape index (κ3) is 7.48. The van der Waals surface area contributed by atoms with Crippen LogP contribution in [0, 0.1) is 0 Å². The van der Waals surface area contributed by atoms with Crippen LogP contribution in [0.15, 0.2) is 65.2 Å². The molecule has 6 heteroatoms. The average molecular weight is 426 g/mol. The van der Waals surface area contributed by atoms with Crippen LogP contribution in [0.1, 0.15) is 31.4 Å². The first-order valence-corrected chi connectivity index (χ1v) is 10.3. The molecule has 2 amide bonds. The van der Waals surface area contributed by atoms with E-state index in [9.17, 15) is 9.59 Å². The molecule has 0 aromatic heterocycles. The molecule has 2 N–H and O–H groups in total. The maximum absolute atomic E-state index is 12.6. The number of hydrogen-bond acceptors (Lipinski definition) is 3. The second-order valence-electron chi connectivity index (χ2n) is 7.18. The lowest BCUT2D eigenvalue weighted by Crippen LogP contribution is -2.33. The molecule has 0 aliphatic heterocycles. The van der Waals surface area contributed by atoms with Crippen LogP contribution in [0.4, 0.5) is 5.69 Å². The van der Waals surface area contributed by atoms with Gasteiger partial charge in [0.05, 0.1) is 0 Å². The number of aryl methyl sites for hydroxylation is 1. The van der Waals surface area contributed by atoms with E-state index in [1.807, 2.05) is 49.4 Å². The summed E-state index contributed by atoms with van der Waals surface area (Å²) in [5.41, 5.74) is 4.29. The Morgan fingerprint density at radius 3 is 2.60 bits per heavy atom. The van der Waals surface area contributed by atoms with E-state index >= 15 is 0 Å². The second-order valence-corrected chi connectivity index (χ2v) is 7.62. The summed E-state index contributed by atoms with van der Waals surface area (Å²) in [6.07, 6.45) is 4.58. The van der Waals surface area contributed by atoms with Gasteiger partial charge >= 0.3 is 0 Å². The van der Waals surface area contributed by atoms with E-state index in [1.54, 1.807) is 26.1 Å². The largest absolute Gasteiger partial charge is 0.350 e. The summed E-state index contributed by atoms with van der Waals surface area (Å²) in [7, 11) is 1.74. The lowest BCUT2D eigenvalue weighted by molar-refractivity contribution is -0.118. The van der Waals surface area contributed by atoms with E-state index in [0.29, 0.717) is 35.5 Å². The van der Waals surface area contributed by atoms with Gasteiger partial charge in [-0.1, -0.05) is 48.0 Å². The number of hydrogen-bond donors (Lipinski definition) is 2. The highest BCUT2D eigenvalue weighted by Crippen LogP contribution is 2.22. The van der Waals surface area contributed by atoms with Gasteiger partial charge in [0, 0.05) is 41.5 Å². The molecule has 0 bridgehead atoms. The maximum Gasteiger partial charge on any atom is 0.247 e. The fourth-order valence-corrected chi connectivity index (χ4v) is 3.23. The van der Waals surface area contributed by atoms with Crippen molar-refractivity contribution in [1.82, 2.24) is 5.32 Å². The maximum atomic E-state index is 12.6. The van der Waals surface area contributed by atoms with Crippen LogP contribution >= 0.6 is 11.6 Å². The Labute approximate surface area is 183 Å². The van der Waals surface area contributed by atoms with Crippen molar-refractivity contribution in [2.24, 2.45) is 4.99 Å². The van der Waals surface area contributed by atoms with Gasteiger partial charge in [0.15, 0.2) is 0 Å². The first kappa shape index (κ1) is 23.4. The Morgan fingerprint density at radius 2 is 1.93 bits per heavy atom. The van der Waals surface area contributed by atoms with Gasteiger partial charge < -0.3 is 10.6 Å². The molecule has 0 radical (unpaired) electrons. The van der Waals surface area contributed by atoms with Crippen LogP contribution < -0.4 is 10.6 Å². The molecule has 0 saturated heterocycles. The van der Waals surface area contributed by atoms with Crippen LogP contribution in [0.25, 0.3) is 0 Å². The molecular weight excluding hydrogens is 398 g/mol. The predicted molar refractivity (Wildman–Crippen MR) is 124 cm³/mol. The van der Waals surface area contributed by atoms with Gasteiger partial charge in [-0.05, 0) is 56.0 Å². The van der Waals surface area contributed by atoms with E-state index in [0.717, 1.165) is 23.3 Å². The molecule has 2 aromatic rings. The predicted octanol–water partition coefficient (Wildman–Crippen LogP) is 4.61. The van der Waals surface area contributed by atoms with Crippen LogP contribution in [0.3, 0.4) is 0 Å². The molecule has 0 spiro atoms. The number of aliphatic imine (C=N–C) groups is 1. The Kier molecular flexibility index (Phi) is 9.29. The average Bonchev–Trinajstić information content (AvgIpc) is 2.73. The molecule has 0 saturated carbocycles. The topological polar surface area (TPSA) is 70.6 Å². The minimum absolute atomic E-state index is 0.0308. The third-order valence-electron chi connectivity index (χ3n) is 4.77. The Hall–Kier alpha value is -2.92. The summed E-state index contributed by atoms with van der Waals surface area (Å²) in [5, 5.41) is 6.26. The number of nitrogens with zero attached hydrogens (tertiary/aromatic N) is 1. The standard InChI is InChI=1S/C24H28ClN3O2/c1-17(13-22(26-3)14-19-7-5-4-6-8-19)24(30)28-18(2)9-10-20-11-12-21(25)15-23(20)27-16-29/h4-8,11-13,15-16,18H,9-10,14H2,1-3H3,(H,27,29)(H,28,30)/b17-13+,26-22+/t18-/m1/s1. The quantitative estimate of drug-likeness (QED) is 0.331. The Balaban J connectivity index is 1.93. The molecule has 0 aliphatic rings. The molecule has 30 heavy (non-hydrogen) atoms. The lowest BCUT2D eigenvalue weighted by atomic mass is 10.0. The van der Waals surface area contributed by atoms with Gasteiger partial charge in [-0.25, -0.2) is 0 Å². The normalized spacial score (nSPS) is 12.9. The van der Waals surface area contributed by atoms with Gasteiger partial charge in [-0.15, -0.1) is 0 Å². The third-order valence-corrected chi connectivity index (χ3v) is 5.00. The second kappa shape index (κ2) is 11.9. The molecule has 0 heterocycles. The molecule has 2 rings (SSSR count). The first-order valence-electron chi connectivity index (χ1n) is 9.90. The van der Waals surface area contributed by atoms with Crippen molar-refractivity contribution < 1.29 is 9.59 Å². The summed E-state index contributed by atoms with van der Waals surface area (Å²) < 4.78 is 0. The van der Waals surface area contributed by atoms with Gasteiger partial charge in [0.2, 0.25) is 12.3 Å². The number of anilines is 1. The van der Waals surface area contributed by atoms with Crippen molar-refractivity contribution >= 4 is 35.3 Å². The Morgan fingerprint density at radius 1 is 1.20 bits per heavy atom. The molecule has 0 unspecified atom stereocenters. The number of halogens is 1. The summed E-state index contributed by atoms with van der Waals surface area (Å²) in [4.78, 5) is 27.7. The molecule has 0 aliphatic carbocycles. The van der Waals surface area contributed by atoms with Crippen molar-refractivity contribution in [2.75, 3.05) is 12.4 Å². The molecule has 0 fully saturated rings. The SMILES string of the molecule is C/N=C(\C=C(/C)C(=O)N[C@H](C)CCc1ccc(Cl)cc1NC=O)Cc1ccccc1. The number of benzene rings is 2. The molecule has 158 valence electrons. The number of carbonyl (C=O) groups excluding carboxylic acids is 2. The van der Waals surface area contributed by atoms with Crippen LogP contribution in [-0.4, -0.2) is 31.1 Å². The number of carbonyl (C=O) groups is 2. The monoisotopic (exact) mass is 425 g/mol. The summed E-state index contributed by atoms with van der Waals surface area (Å²) in [5.74, 6) is -0.112. The van der Waals surface area contributed by atoms with Crippen molar-refractivity contribution in [3.05, 3.63) is 76.3 Å². The summed E-state index contributed by atoms with van der Waals surface area (Å²) >= 11 is 5.99. The molecule has 1 atom stereocenters. The highest BCUT2D eigenvalue weighted by atomic mass is 35.5. The van der Waals surface area contributed by atoms with Gasteiger partial charge in [-0.3, -0.25) is 14.6 Å². The minimum Gasteiger partial charge on any atom is -0.350 e.